The van der Waals surface area contributed by atoms with Gasteiger partial charge in [0.1, 0.15) is 0 Å². The van der Waals surface area contributed by atoms with Crippen molar-refractivity contribution in [3.63, 3.8) is 0 Å². The molecule has 0 radical (unpaired) electrons. The van der Waals surface area contributed by atoms with Crippen LogP contribution >= 0.6 is 0 Å². The lowest BCUT2D eigenvalue weighted by atomic mass is 10.1. The summed E-state index contributed by atoms with van der Waals surface area (Å²) in [6.07, 6.45) is 6.44. The number of nitrogens with zero attached hydrogens (tertiary/aromatic N) is 1. The SMILES string of the molecule is CCc1ccc(CC[n+]2ccccc2)cc1. The molecule has 0 unspecified atom stereocenters. The van der Waals surface area contributed by atoms with Crippen LogP contribution < -0.4 is 4.57 Å². The Morgan fingerprint density at radius 2 is 1.50 bits per heavy atom. The van der Waals surface area contributed by atoms with Crippen molar-refractivity contribution in [1.29, 1.82) is 0 Å². The summed E-state index contributed by atoms with van der Waals surface area (Å²) in [6, 6.07) is 15.1. The van der Waals surface area contributed by atoms with Crippen LogP contribution in [0.25, 0.3) is 0 Å². The van der Waals surface area contributed by atoms with Crippen molar-refractivity contribution in [2.45, 2.75) is 26.3 Å². The van der Waals surface area contributed by atoms with Crippen LogP contribution in [0.3, 0.4) is 0 Å². The number of hydrogen-bond acceptors (Lipinski definition) is 0. The minimum absolute atomic E-state index is 1.05. The van der Waals surface area contributed by atoms with E-state index in [2.05, 4.69) is 60.3 Å². The number of aryl methyl sites for hydroxylation is 3. The predicted molar refractivity (Wildman–Crippen MR) is 66.2 cm³/mol. The zero-order valence-corrected chi connectivity index (χ0v) is 9.76. The molecule has 0 aliphatic carbocycles. The zero-order valence-electron chi connectivity index (χ0n) is 9.76. The average molecular weight is 212 g/mol. The van der Waals surface area contributed by atoms with Gasteiger partial charge >= 0.3 is 0 Å². The maximum absolute atomic E-state index is 2.24. The largest absolute Gasteiger partial charge is 0.205 e. The fourth-order valence-corrected chi connectivity index (χ4v) is 1.78. The fourth-order valence-electron chi connectivity index (χ4n) is 1.78. The predicted octanol–water partition coefficient (Wildman–Crippen LogP) is 2.78. The summed E-state index contributed by atoms with van der Waals surface area (Å²) in [5, 5.41) is 0. The Balaban J connectivity index is 1.94. The molecule has 82 valence electrons. The van der Waals surface area contributed by atoms with Gasteiger partial charge < -0.3 is 0 Å². The molecule has 0 N–H and O–H groups in total. The van der Waals surface area contributed by atoms with E-state index >= 15 is 0 Å². The Hall–Kier alpha value is -1.63. The van der Waals surface area contributed by atoms with Gasteiger partial charge in [0, 0.05) is 18.6 Å². The molecule has 0 amide bonds. The molecule has 1 nitrogen and oxygen atoms in total. The molecule has 0 saturated carbocycles. The summed E-state index contributed by atoms with van der Waals surface area (Å²) >= 11 is 0. The molecular formula is C15H18N+. The first-order chi connectivity index (χ1) is 7.88. The minimum atomic E-state index is 1.05. The quantitative estimate of drug-likeness (QED) is 0.686. The summed E-state index contributed by atoms with van der Waals surface area (Å²) in [5.74, 6) is 0. The fraction of sp³-hybridized carbons (Fsp3) is 0.267. The van der Waals surface area contributed by atoms with Crippen molar-refractivity contribution in [3.05, 3.63) is 66.0 Å². The summed E-state index contributed by atoms with van der Waals surface area (Å²) in [4.78, 5) is 0. The van der Waals surface area contributed by atoms with Crippen molar-refractivity contribution in [3.8, 4) is 0 Å². The van der Waals surface area contributed by atoms with E-state index in [9.17, 15) is 0 Å². The standard InChI is InChI=1S/C15H18N/c1-2-14-6-8-15(9-7-14)10-13-16-11-4-3-5-12-16/h3-9,11-12H,2,10,13H2,1H3/q+1. The normalized spacial score (nSPS) is 10.3. The van der Waals surface area contributed by atoms with Crippen molar-refractivity contribution in [1.82, 2.24) is 0 Å². The smallest absolute Gasteiger partial charge is 0.168 e. The van der Waals surface area contributed by atoms with Crippen LogP contribution in [-0.2, 0) is 19.4 Å². The second kappa shape index (κ2) is 5.45. The first-order valence-electron chi connectivity index (χ1n) is 5.90. The molecule has 0 aliphatic rings. The molecule has 16 heavy (non-hydrogen) atoms. The molecule has 1 heterocycles. The van der Waals surface area contributed by atoms with Crippen LogP contribution in [0.15, 0.2) is 54.9 Å². The zero-order chi connectivity index (χ0) is 11.2. The van der Waals surface area contributed by atoms with Crippen molar-refractivity contribution in [2.24, 2.45) is 0 Å². The average Bonchev–Trinajstić information content (AvgIpc) is 2.38. The Bertz CT molecular complexity index is 417. The van der Waals surface area contributed by atoms with E-state index in [0.717, 1.165) is 19.4 Å². The maximum Gasteiger partial charge on any atom is 0.168 e. The molecule has 0 atom stereocenters. The minimum Gasteiger partial charge on any atom is -0.205 e. The highest BCUT2D eigenvalue weighted by Gasteiger charge is 1.99. The number of hydrogen-bond donors (Lipinski definition) is 0. The van der Waals surface area contributed by atoms with Gasteiger partial charge in [-0.2, -0.15) is 0 Å². The van der Waals surface area contributed by atoms with Gasteiger partial charge in [0.15, 0.2) is 18.9 Å². The summed E-state index contributed by atoms with van der Waals surface area (Å²) in [5.41, 5.74) is 2.82. The Labute approximate surface area is 97.4 Å². The van der Waals surface area contributed by atoms with E-state index in [1.165, 1.54) is 11.1 Å². The highest BCUT2D eigenvalue weighted by Crippen LogP contribution is 2.05. The van der Waals surface area contributed by atoms with Gasteiger partial charge in [-0.15, -0.1) is 0 Å². The summed E-state index contributed by atoms with van der Waals surface area (Å²) in [7, 11) is 0. The highest BCUT2D eigenvalue weighted by molar-refractivity contribution is 5.22. The maximum atomic E-state index is 2.24. The molecule has 0 fully saturated rings. The Morgan fingerprint density at radius 3 is 2.12 bits per heavy atom. The van der Waals surface area contributed by atoms with E-state index in [1.54, 1.807) is 0 Å². The van der Waals surface area contributed by atoms with Gasteiger partial charge in [-0.3, -0.25) is 0 Å². The molecule has 1 heteroatoms. The van der Waals surface area contributed by atoms with Crippen LogP contribution in [0.4, 0.5) is 0 Å². The van der Waals surface area contributed by atoms with Crippen LogP contribution in [0, 0.1) is 0 Å². The van der Waals surface area contributed by atoms with Crippen molar-refractivity contribution in [2.75, 3.05) is 0 Å². The number of pyridine rings is 1. The van der Waals surface area contributed by atoms with Crippen LogP contribution in [-0.4, -0.2) is 0 Å². The molecule has 0 saturated heterocycles. The molecule has 2 rings (SSSR count). The molecule has 0 spiro atoms. The van der Waals surface area contributed by atoms with E-state index in [-0.39, 0.29) is 0 Å². The van der Waals surface area contributed by atoms with E-state index in [4.69, 9.17) is 0 Å². The topological polar surface area (TPSA) is 3.88 Å². The third kappa shape index (κ3) is 2.93. The third-order valence-electron chi connectivity index (χ3n) is 2.87. The monoisotopic (exact) mass is 212 g/mol. The second-order valence-electron chi connectivity index (χ2n) is 4.03. The van der Waals surface area contributed by atoms with Gasteiger partial charge in [0.2, 0.25) is 0 Å². The van der Waals surface area contributed by atoms with Gasteiger partial charge in [-0.1, -0.05) is 37.3 Å². The van der Waals surface area contributed by atoms with E-state index in [0.29, 0.717) is 0 Å². The van der Waals surface area contributed by atoms with Gasteiger partial charge in [0.05, 0.1) is 0 Å². The van der Waals surface area contributed by atoms with E-state index in [1.807, 2.05) is 6.07 Å². The molecule has 2 aromatic rings. The van der Waals surface area contributed by atoms with Crippen molar-refractivity contribution < 1.29 is 4.57 Å². The molecule has 1 aromatic carbocycles. The van der Waals surface area contributed by atoms with E-state index < -0.39 is 0 Å². The molecule has 1 aromatic heterocycles. The van der Waals surface area contributed by atoms with Crippen molar-refractivity contribution >= 4 is 0 Å². The molecule has 0 aliphatic heterocycles. The van der Waals surface area contributed by atoms with Gasteiger partial charge in [-0.05, 0) is 17.5 Å². The van der Waals surface area contributed by atoms with Crippen LogP contribution in [0.2, 0.25) is 0 Å². The first-order valence-corrected chi connectivity index (χ1v) is 5.90. The summed E-state index contributed by atoms with van der Waals surface area (Å²) < 4.78 is 2.22. The third-order valence-corrected chi connectivity index (χ3v) is 2.87. The first kappa shape index (κ1) is 10.9. The Morgan fingerprint density at radius 1 is 0.875 bits per heavy atom. The lowest BCUT2D eigenvalue weighted by Crippen LogP contribution is -2.33. The number of aromatic nitrogens is 1. The summed E-state index contributed by atoms with van der Waals surface area (Å²) in [6.45, 7) is 3.24. The second-order valence-corrected chi connectivity index (χ2v) is 4.03. The Kier molecular flexibility index (Phi) is 3.71. The highest BCUT2D eigenvalue weighted by atomic mass is 14.9. The lowest BCUT2D eigenvalue weighted by molar-refractivity contribution is -0.696. The molecular weight excluding hydrogens is 194 g/mol. The van der Waals surface area contributed by atoms with Crippen LogP contribution in [0.1, 0.15) is 18.1 Å². The van der Waals surface area contributed by atoms with Gasteiger partial charge in [-0.25, -0.2) is 4.57 Å². The van der Waals surface area contributed by atoms with Gasteiger partial charge in [0.25, 0.3) is 0 Å². The van der Waals surface area contributed by atoms with Crippen LogP contribution in [0.5, 0.6) is 0 Å². The molecule has 0 bridgehead atoms. The number of rotatable bonds is 4. The number of benzene rings is 1. The lowest BCUT2D eigenvalue weighted by Gasteiger charge is -2.00.